The monoisotopic (exact) mass is 1890 g/mol. The van der Waals surface area contributed by atoms with Gasteiger partial charge in [-0.05, 0) is 316 Å². The average Bonchev–Trinajstić information content (AvgIpc) is 1.36. The van der Waals surface area contributed by atoms with Gasteiger partial charge in [0.15, 0.2) is 0 Å². The number of aliphatic hydroxyl groups is 6. The van der Waals surface area contributed by atoms with Gasteiger partial charge < -0.3 is 52.3 Å². The zero-order valence-corrected chi connectivity index (χ0v) is 80.1. The summed E-state index contributed by atoms with van der Waals surface area (Å²) in [7, 11) is -12.6. The number of hydrogen-bond acceptors (Lipinski definition) is 21. The van der Waals surface area contributed by atoms with Gasteiger partial charge in [0.25, 0.3) is 17.7 Å². The fourth-order valence-corrected chi connectivity index (χ4v) is 35.1. The normalized spacial score (nSPS) is 44.2. The smallest absolute Gasteiger partial charge is 0.425 e. The van der Waals surface area contributed by atoms with Crippen molar-refractivity contribution in [2.24, 2.45) is 156 Å². The second kappa shape index (κ2) is 37.0. The number of ether oxygens (including phenoxy) is 3. The predicted molar refractivity (Wildman–Crippen MR) is 462 cm³/mol. The molecule has 706 valence electrons. The van der Waals surface area contributed by atoms with Crippen molar-refractivity contribution < 1.29 is 119 Å². The molecule has 124 heavy (non-hydrogen) atoms. The van der Waals surface area contributed by atoms with Gasteiger partial charge in [-0.3, -0.25) is 14.4 Å². The van der Waals surface area contributed by atoms with E-state index < -0.39 is 86.3 Å². The summed E-state index contributed by atoms with van der Waals surface area (Å²) in [6.07, 6.45) is 21.2. The number of carbonyl (C=O) groups is 6. The first-order valence-corrected chi connectivity index (χ1v) is 51.3. The average molecular weight is 1890 g/mol. The molecule has 0 radical (unpaired) electrons. The van der Waals surface area contributed by atoms with E-state index in [1.807, 2.05) is 6.07 Å². The van der Waals surface area contributed by atoms with Crippen LogP contribution in [-0.4, -0.2) is 185 Å². The third-order valence-electron chi connectivity index (χ3n) is 38.4. The Morgan fingerprint density at radius 1 is 0.444 bits per heavy atom. The van der Waals surface area contributed by atoms with Crippen LogP contribution in [0.2, 0.25) is 0 Å². The van der Waals surface area contributed by atoms with Crippen molar-refractivity contribution in [3.8, 4) is 0 Å². The van der Waals surface area contributed by atoms with Crippen LogP contribution in [-0.2, 0) is 86.2 Å². The summed E-state index contributed by atoms with van der Waals surface area (Å²) in [5, 5.41) is 67.3. The molecule has 15 fully saturated rings. The molecule has 1 aromatic carbocycles. The van der Waals surface area contributed by atoms with Crippen LogP contribution in [0, 0.1) is 164 Å². The summed E-state index contributed by atoms with van der Waals surface area (Å²) >= 11 is 0. The van der Waals surface area contributed by atoms with Crippen molar-refractivity contribution in [2.45, 2.75) is 307 Å². The third kappa shape index (κ3) is 17.0. The van der Waals surface area contributed by atoms with Gasteiger partial charge in [0.1, 0.15) is 19.6 Å². The van der Waals surface area contributed by atoms with Crippen LogP contribution < -0.4 is 9.44 Å². The van der Waals surface area contributed by atoms with Crippen molar-refractivity contribution in [2.75, 3.05) is 39.5 Å². The van der Waals surface area contributed by atoms with Crippen molar-refractivity contribution >= 4 is 66.6 Å². The van der Waals surface area contributed by atoms with E-state index in [1.165, 1.54) is 0 Å². The van der Waals surface area contributed by atoms with Crippen molar-refractivity contribution in [3.05, 3.63) is 43.3 Å². The minimum absolute atomic E-state index is 0. The molecule has 0 unspecified atom stereocenters. The minimum atomic E-state index is -4.30. The summed E-state index contributed by atoms with van der Waals surface area (Å²) in [6.45, 7) is 28.7. The van der Waals surface area contributed by atoms with Gasteiger partial charge in [-0.1, -0.05) is 140 Å². The number of nitrogens with one attached hydrogen (secondary N) is 2. The summed E-state index contributed by atoms with van der Waals surface area (Å²) in [5.74, 6) is 4.89. The zero-order valence-electron chi connectivity index (χ0n) is 76.1. The van der Waals surface area contributed by atoms with E-state index in [1.54, 1.807) is 33.7 Å². The molecule has 15 aliphatic rings. The molecule has 3 heterocycles. The number of hydrogen-bond donors (Lipinski definition) is 8. The number of aliphatic hydroxyl groups excluding tert-OH is 6. The fraction of sp³-hybridized carbons (Fsp3) is 0.860. The fourth-order valence-electron chi connectivity index (χ4n) is 31.7. The minimum Gasteiger partial charge on any atom is -0.449 e. The molecular weight excluding hydrogens is 1740 g/mol. The summed E-state index contributed by atoms with van der Waals surface area (Å²) in [6, 6.07) is 8.82. The maximum Gasteiger partial charge on any atom is 0.425 e. The first kappa shape index (κ1) is 98.7. The Bertz CT molecular complexity index is 4390. The molecule has 33 atom stereocenters. The summed E-state index contributed by atoms with van der Waals surface area (Å²) in [5.41, 5.74) is 1.40. The number of carbonyl (C=O) groups excluding carboxylic acids is 6. The van der Waals surface area contributed by atoms with Crippen LogP contribution in [0.4, 0.5) is 14.4 Å². The Hall–Kier alpha value is -4.29. The molecule has 16 rings (SSSR count). The molecule has 27 nitrogen and oxygen atoms in total. The zero-order chi connectivity index (χ0) is 88.5. The Labute approximate surface area is 753 Å². The van der Waals surface area contributed by atoms with E-state index in [0.717, 1.165) is 158 Å². The predicted octanol–water partition coefficient (Wildman–Crippen LogP) is 13.1. The Morgan fingerprint density at radius 3 is 1.17 bits per heavy atom. The Balaban J connectivity index is 0.000000169. The largest absolute Gasteiger partial charge is 0.449 e. The number of rotatable bonds is 17. The molecule has 3 saturated heterocycles. The van der Waals surface area contributed by atoms with E-state index in [4.69, 9.17) is 14.2 Å². The van der Waals surface area contributed by atoms with Crippen molar-refractivity contribution in [1.29, 1.82) is 0 Å². The maximum absolute atomic E-state index is 13.1. The topological polar surface area (TPSA) is 391 Å². The van der Waals surface area contributed by atoms with Crippen molar-refractivity contribution in [3.63, 3.8) is 0 Å². The molecule has 3 aliphatic heterocycles. The molecular formula is C93H149N6O21PdS3-. The number of benzene rings is 1. The van der Waals surface area contributed by atoms with Gasteiger partial charge in [-0.15, -0.1) is 0 Å². The second-order valence-electron chi connectivity index (χ2n) is 43.1. The first-order chi connectivity index (χ1) is 57.3. The summed E-state index contributed by atoms with van der Waals surface area (Å²) in [4.78, 5) is 73.0. The molecule has 12 aliphatic carbocycles. The van der Waals surface area contributed by atoms with E-state index >= 15 is 0 Å². The molecule has 0 aromatic heterocycles. The second-order valence-corrected chi connectivity index (χ2v) is 48.1. The van der Waals surface area contributed by atoms with Crippen molar-refractivity contribution in [1.82, 2.24) is 26.7 Å². The van der Waals surface area contributed by atoms with Gasteiger partial charge in [-0.25, -0.2) is 28.1 Å². The molecule has 31 heteroatoms. The number of fused-ring (bicyclic) bond motifs is 15. The van der Waals surface area contributed by atoms with Gasteiger partial charge in [0, 0.05) is 20.4 Å². The third-order valence-corrected chi connectivity index (χ3v) is 42.8. The maximum atomic E-state index is 13.1. The van der Waals surface area contributed by atoms with E-state index in [0.29, 0.717) is 103 Å². The molecule has 8 N–H and O–H groups in total. The van der Waals surface area contributed by atoms with Crippen LogP contribution in [0.25, 0.3) is 0 Å². The SMILES string of the molecule is CC[C@H]1[C@@H](O)[C@@H]2[C@H](CC[C@@]3(C)[C@H]2CC[C@]3(C)[C@H](C)CCOC(=O)N2CC(=O)NS2(=O)=O)[C@@]2(C)CC[C@@H](O)C[C@@H]12.CC[C@H]1[C@@H](O)[C@@H]2[C@H](CC[C@]3(C)[C@@H]([C@H](C)CCOC(=O)N4CC(=O)N(Cc5ccccc5)S4(=O)=O)CC[C@@H]23)[C@@]2(C)CC[C@@H](O)C[C@@H]12.CC[C@H]1[C@@H](O)[C@@H]2[C@H](CC[C@]3(C)[C@@H]([C@H](C)CCOC(=O)N4CC(=O)NS4(=O)=O)CC[C@@H]23)[C@@]2(C)CC[C@@H](O)C[C@@H]12.[CH3-].[Pd]. The first-order valence-electron chi connectivity index (χ1n) is 47.0. The molecule has 0 spiro atoms. The van der Waals surface area contributed by atoms with Gasteiger partial charge in [-0.2, -0.15) is 38.2 Å². The Kier molecular flexibility index (Phi) is 29.5. The standard InChI is InChI=1S/C35H52N2O7S.C29H48N2O7S.C28H46N2O7S.CH3.Pd/c1-5-25-29-19-24(38)13-16-35(29,4)28-14-17-34(3)26(11-12-27(34)31(28)32(25)40)22(2)15-18-44-33(41)37-21-30(39)36(45(37,42)43)20-23-9-7-6-8-10-23;1-6-19-22-15-18(32)7-11-27(22,3)20-8-13-29(5)21(24(20)25(19)34)9-12-28(29,4)17(2)10-14-38-26(35)31-16-23(33)30-39(31,36)37;1-5-18-22-14-17(31)8-11-28(22,4)21-9-12-27(3)19(6-7-20(27)24(21)25(18)33)16(2)10-13-37-26(34)30-15-23(32)29-38(30,35)36;;/h6-10,22,24-29,31-32,38,40H,5,11-21H2,1-4H3;17-22,24-25,32,34H,6-16H2,1-5H3,(H,30,33);16-22,24-25,31,33H,5-15H2,1-4H3,(H,29,32);1H3;/q;;;-1;/t22-,24-,25-,26-,27+,28+,29+,31+,32-,34-,35-;17-,18-,19-,20+,21+,22+,24-,25-,27-,28-,29+;16-,17-,18-,19-,20+,21+,22+,24+,25-,27-,28-;;/m111../s1. The molecule has 1 aromatic rings. The molecule has 0 bridgehead atoms. The van der Waals surface area contributed by atoms with Crippen LogP contribution >= 0.6 is 0 Å². The quantitative estimate of drug-likeness (QED) is 0.0408. The molecule has 6 amide bonds. The van der Waals surface area contributed by atoms with Crippen LogP contribution in [0.1, 0.15) is 269 Å². The van der Waals surface area contributed by atoms with Crippen LogP contribution in [0.15, 0.2) is 30.3 Å². The van der Waals surface area contributed by atoms with Gasteiger partial charge in [0.05, 0.1) is 63.0 Å². The van der Waals surface area contributed by atoms with Gasteiger partial charge in [0.2, 0.25) is 0 Å². The van der Waals surface area contributed by atoms with Gasteiger partial charge >= 0.3 is 48.9 Å². The summed E-state index contributed by atoms with van der Waals surface area (Å²) < 4.78 is 95.6. The Morgan fingerprint density at radius 2 is 0.790 bits per heavy atom. The van der Waals surface area contributed by atoms with E-state index in [-0.39, 0.29) is 182 Å². The number of amides is 6. The van der Waals surface area contributed by atoms with Crippen LogP contribution in [0.5, 0.6) is 0 Å². The van der Waals surface area contributed by atoms with Crippen LogP contribution in [0.3, 0.4) is 0 Å². The van der Waals surface area contributed by atoms with E-state index in [2.05, 4.69) is 90.0 Å². The number of nitrogens with zero attached hydrogens (tertiary/aromatic N) is 4. The van der Waals surface area contributed by atoms with E-state index in [9.17, 15) is 84.7 Å². The molecule has 12 saturated carbocycles.